The second kappa shape index (κ2) is 9.12. The van der Waals surface area contributed by atoms with Gasteiger partial charge in [-0.25, -0.2) is 4.79 Å². The van der Waals surface area contributed by atoms with Crippen LogP contribution in [0.4, 0.5) is 0 Å². The predicted octanol–water partition coefficient (Wildman–Crippen LogP) is 3.43. The molecule has 30 heavy (non-hydrogen) atoms. The Hall–Kier alpha value is -2.48. The molecule has 0 saturated carbocycles. The van der Waals surface area contributed by atoms with Crippen LogP contribution in [0.3, 0.4) is 0 Å². The molecule has 4 atom stereocenters. The summed E-state index contributed by atoms with van der Waals surface area (Å²) in [6.07, 6.45) is 0.770. The van der Waals surface area contributed by atoms with Crippen molar-refractivity contribution in [2.75, 3.05) is 21.3 Å². The first-order valence-corrected chi connectivity index (χ1v) is 10.4. The van der Waals surface area contributed by atoms with Crippen molar-refractivity contribution in [3.05, 3.63) is 70.6 Å². The number of rotatable bonds is 7. The molecule has 3 rings (SSSR count). The van der Waals surface area contributed by atoms with Crippen molar-refractivity contribution in [2.45, 2.75) is 23.9 Å². The lowest BCUT2D eigenvalue weighted by molar-refractivity contribution is -0.135. The van der Waals surface area contributed by atoms with Crippen LogP contribution in [0.5, 0.6) is 11.5 Å². The summed E-state index contributed by atoms with van der Waals surface area (Å²) in [6.45, 7) is 1.69. The second-order valence-corrected chi connectivity index (χ2v) is 8.44. The molecule has 0 aromatic heterocycles. The van der Waals surface area contributed by atoms with Crippen molar-refractivity contribution < 1.29 is 29.2 Å². The number of carbonyl (C=O) groups excluding carboxylic acids is 1. The molecule has 0 amide bonds. The zero-order valence-electron chi connectivity index (χ0n) is 17.4. The molecule has 0 spiro atoms. The predicted molar refractivity (Wildman–Crippen MR) is 115 cm³/mol. The molecule has 2 N–H and O–H groups in total. The molecule has 0 radical (unpaired) electrons. The number of hydrogen-bond acceptors (Lipinski definition) is 7. The highest BCUT2D eigenvalue weighted by Crippen LogP contribution is 2.50. The van der Waals surface area contributed by atoms with Gasteiger partial charge in [-0.05, 0) is 42.3 Å². The van der Waals surface area contributed by atoms with Crippen LogP contribution in [-0.4, -0.2) is 42.8 Å². The average Bonchev–Trinajstić information content (AvgIpc) is 3.24. The normalized spacial score (nSPS) is 21.3. The standard InChI is InChI=1S/C23H26O6S/c1-23(26,15-7-11-17(28-3)12-8-15)18-13-19(22(25)29-4)30-21(18)20(24)14-5-9-16(27-2)10-6-14/h5-13,18,20-21,24,26H,1-4H3/t18-,20?,21-,23?/m1/s1. The number of esters is 1. The van der Waals surface area contributed by atoms with E-state index in [1.54, 1.807) is 75.8 Å². The molecule has 160 valence electrons. The number of aliphatic hydroxyl groups excluding tert-OH is 1. The van der Waals surface area contributed by atoms with Crippen LogP contribution in [0.15, 0.2) is 59.5 Å². The number of aliphatic hydroxyl groups is 2. The van der Waals surface area contributed by atoms with Gasteiger partial charge in [0.05, 0.1) is 37.9 Å². The number of hydrogen-bond donors (Lipinski definition) is 2. The van der Waals surface area contributed by atoms with Crippen molar-refractivity contribution >= 4 is 17.7 Å². The molecule has 1 heterocycles. The summed E-state index contributed by atoms with van der Waals surface area (Å²) in [7, 11) is 4.47. The second-order valence-electron chi connectivity index (χ2n) is 7.22. The highest BCUT2D eigenvalue weighted by Gasteiger charge is 2.46. The van der Waals surface area contributed by atoms with Gasteiger partial charge in [0, 0.05) is 11.2 Å². The summed E-state index contributed by atoms with van der Waals surface area (Å²) in [4.78, 5) is 12.6. The van der Waals surface area contributed by atoms with Gasteiger partial charge in [-0.2, -0.15) is 0 Å². The zero-order valence-corrected chi connectivity index (χ0v) is 18.2. The summed E-state index contributed by atoms with van der Waals surface area (Å²) in [6, 6.07) is 14.2. The Morgan fingerprint density at radius 1 is 1.00 bits per heavy atom. The van der Waals surface area contributed by atoms with Gasteiger partial charge in [0.2, 0.25) is 0 Å². The van der Waals surface area contributed by atoms with Crippen LogP contribution >= 0.6 is 11.8 Å². The van der Waals surface area contributed by atoms with E-state index in [-0.39, 0.29) is 0 Å². The lowest BCUT2D eigenvalue weighted by Crippen LogP contribution is -2.38. The van der Waals surface area contributed by atoms with Crippen LogP contribution < -0.4 is 9.47 Å². The molecule has 0 bridgehead atoms. The third-order valence-electron chi connectivity index (χ3n) is 5.43. The van der Waals surface area contributed by atoms with Crippen molar-refractivity contribution in [1.29, 1.82) is 0 Å². The maximum absolute atomic E-state index is 12.2. The van der Waals surface area contributed by atoms with E-state index in [1.807, 2.05) is 0 Å². The fourth-order valence-corrected chi connectivity index (χ4v) is 5.06. The lowest BCUT2D eigenvalue weighted by Gasteiger charge is -2.35. The molecule has 2 aromatic rings. The van der Waals surface area contributed by atoms with E-state index in [4.69, 9.17) is 14.2 Å². The highest BCUT2D eigenvalue weighted by molar-refractivity contribution is 8.04. The maximum Gasteiger partial charge on any atom is 0.344 e. The van der Waals surface area contributed by atoms with Gasteiger partial charge < -0.3 is 24.4 Å². The Morgan fingerprint density at radius 2 is 1.53 bits per heavy atom. The summed E-state index contributed by atoms with van der Waals surface area (Å²) in [5, 5.41) is 22.1. The van der Waals surface area contributed by atoms with Crippen LogP contribution in [-0.2, 0) is 15.1 Å². The lowest BCUT2D eigenvalue weighted by atomic mass is 9.78. The molecule has 0 aliphatic carbocycles. The number of ether oxygens (including phenoxy) is 3. The Kier molecular flexibility index (Phi) is 6.75. The summed E-state index contributed by atoms with van der Waals surface area (Å²) in [5.41, 5.74) is -0.0146. The van der Waals surface area contributed by atoms with Crippen molar-refractivity contribution in [3.8, 4) is 11.5 Å². The van der Waals surface area contributed by atoms with Gasteiger partial charge in [-0.3, -0.25) is 0 Å². The number of benzene rings is 2. The fraction of sp³-hybridized carbons (Fsp3) is 0.348. The summed E-state index contributed by atoms with van der Waals surface area (Å²) >= 11 is 1.21. The Morgan fingerprint density at radius 3 is 2.03 bits per heavy atom. The third-order valence-corrected chi connectivity index (χ3v) is 6.81. The van der Waals surface area contributed by atoms with Crippen molar-refractivity contribution in [2.24, 2.45) is 5.92 Å². The van der Waals surface area contributed by atoms with Gasteiger partial charge in [-0.1, -0.05) is 30.3 Å². The van der Waals surface area contributed by atoms with E-state index in [1.165, 1.54) is 18.9 Å². The first-order chi connectivity index (χ1) is 14.3. The largest absolute Gasteiger partial charge is 0.497 e. The minimum Gasteiger partial charge on any atom is -0.497 e. The van der Waals surface area contributed by atoms with Gasteiger partial charge >= 0.3 is 5.97 Å². The molecule has 7 heteroatoms. The van der Waals surface area contributed by atoms with E-state index in [2.05, 4.69) is 0 Å². The highest BCUT2D eigenvalue weighted by atomic mass is 32.2. The van der Waals surface area contributed by atoms with Crippen molar-refractivity contribution in [1.82, 2.24) is 0 Å². The molecule has 1 aliphatic heterocycles. The van der Waals surface area contributed by atoms with Gasteiger partial charge in [0.25, 0.3) is 0 Å². The number of methoxy groups -OCH3 is 3. The first kappa shape index (κ1) is 22.2. The Labute approximate surface area is 180 Å². The molecule has 6 nitrogen and oxygen atoms in total. The molecule has 0 saturated heterocycles. The smallest absolute Gasteiger partial charge is 0.344 e. The fourth-order valence-electron chi connectivity index (χ4n) is 3.59. The number of carbonyl (C=O) groups is 1. The van der Waals surface area contributed by atoms with Crippen LogP contribution in [0, 0.1) is 5.92 Å². The molecule has 1 aliphatic rings. The monoisotopic (exact) mass is 430 g/mol. The van der Waals surface area contributed by atoms with Gasteiger partial charge in [0.15, 0.2) is 0 Å². The van der Waals surface area contributed by atoms with E-state index in [0.717, 1.165) is 0 Å². The minimum atomic E-state index is -1.34. The molecule has 2 unspecified atom stereocenters. The van der Waals surface area contributed by atoms with E-state index >= 15 is 0 Å². The summed E-state index contributed by atoms with van der Waals surface area (Å²) in [5.74, 6) is 0.332. The SMILES string of the molecule is COC(=O)C1=C[C@@H](C(C)(O)c2ccc(OC)cc2)[C@H](C(O)c2ccc(OC)cc2)S1. The first-order valence-electron chi connectivity index (χ1n) is 9.47. The van der Waals surface area contributed by atoms with Crippen LogP contribution in [0.2, 0.25) is 0 Å². The van der Waals surface area contributed by atoms with Gasteiger partial charge in [0.1, 0.15) is 11.5 Å². The van der Waals surface area contributed by atoms with Gasteiger partial charge in [-0.15, -0.1) is 11.8 Å². The summed E-state index contributed by atoms with van der Waals surface area (Å²) < 4.78 is 15.2. The van der Waals surface area contributed by atoms with E-state index in [0.29, 0.717) is 27.5 Å². The maximum atomic E-state index is 12.2. The number of thioether (sulfide) groups is 1. The molecule has 0 fully saturated rings. The van der Waals surface area contributed by atoms with E-state index in [9.17, 15) is 15.0 Å². The third kappa shape index (κ3) is 4.33. The van der Waals surface area contributed by atoms with Crippen LogP contribution in [0.1, 0.15) is 24.2 Å². The minimum absolute atomic E-state index is 0.369. The zero-order chi connectivity index (χ0) is 21.9. The molecule has 2 aromatic carbocycles. The molecular formula is C23H26O6S. The Balaban J connectivity index is 1.96. The van der Waals surface area contributed by atoms with E-state index < -0.39 is 28.8 Å². The quantitative estimate of drug-likeness (QED) is 0.651. The van der Waals surface area contributed by atoms with Crippen LogP contribution in [0.25, 0.3) is 0 Å². The Bertz CT molecular complexity index is 904. The molecular weight excluding hydrogens is 404 g/mol. The topological polar surface area (TPSA) is 85.2 Å². The average molecular weight is 431 g/mol. The van der Waals surface area contributed by atoms with Crippen molar-refractivity contribution in [3.63, 3.8) is 0 Å².